The van der Waals surface area contributed by atoms with E-state index in [1.807, 2.05) is 24.5 Å². The number of aryl methyl sites for hydroxylation is 1. The Bertz CT molecular complexity index is 775. The molecule has 5 heteroatoms. The number of benzene rings is 1. The van der Waals surface area contributed by atoms with Crippen LogP contribution in [0.4, 0.5) is 0 Å². The molecule has 0 N–H and O–H groups in total. The summed E-state index contributed by atoms with van der Waals surface area (Å²) < 4.78 is 11.1. The molecule has 33 heavy (non-hydrogen) atoms. The minimum atomic E-state index is -0.571. The summed E-state index contributed by atoms with van der Waals surface area (Å²) in [5.74, 6) is 0.814. The summed E-state index contributed by atoms with van der Waals surface area (Å²) in [6.07, 6.45) is 17.8. The van der Waals surface area contributed by atoms with Crippen molar-refractivity contribution in [3.8, 4) is 17.1 Å². The average molecular weight is 455 g/mol. The summed E-state index contributed by atoms with van der Waals surface area (Å²) in [7, 11) is 0. The van der Waals surface area contributed by atoms with Gasteiger partial charge < -0.3 is 9.47 Å². The van der Waals surface area contributed by atoms with Crippen molar-refractivity contribution in [2.75, 3.05) is 6.61 Å². The minimum absolute atomic E-state index is 0.367. The van der Waals surface area contributed by atoms with Gasteiger partial charge in [-0.3, -0.25) is 0 Å². The molecule has 0 spiro atoms. The van der Waals surface area contributed by atoms with Crippen LogP contribution in [0.2, 0.25) is 0 Å². The van der Waals surface area contributed by atoms with Crippen LogP contribution in [0.15, 0.2) is 36.7 Å². The lowest BCUT2D eigenvalue weighted by molar-refractivity contribution is -0.146. The predicted octanol–water partition coefficient (Wildman–Crippen LogP) is 7.33. The summed E-state index contributed by atoms with van der Waals surface area (Å²) in [5.41, 5.74) is 2.08. The molecule has 0 saturated heterocycles. The minimum Gasteiger partial charge on any atom is -0.425 e. The van der Waals surface area contributed by atoms with Gasteiger partial charge in [-0.05, 0) is 56.0 Å². The highest BCUT2D eigenvalue weighted by Crippen LogP contribution is 2.20. The zero-order valence-corrected chi connectivity index (χ0v) is 20.9. The van der Waals surface area contributed by atoms with E-state index in [1.54, 1.807) is 19.1 Å². The quantitative estimate of drug-likeness (QED) is 0.142. The van der Waals surface area contributed by atoms with Gasteiger partial charge in [-0.15, -0.1) is 0 Å². The normalized spacial score (nSPS) is 12.0. The van der Waals surface area contributed by atoms with Crippen molar-refractivity contribution in [2.24, 2.45) is 0 Å². The molecule has 0 fully saturated rings. The number of esters is 1. The van der Waals surface area contributed by atoms with Crippen LogP contribution in [0.3, 0.4) is 0 Å². The first kappa shape index (κ1) is 27.0. The summed E-state index contributed by atoms with van der Waals surface area (Å²) >= 11 is 0. The smallest absolute Gasteiger partial charge is 0.340 e. The van der Waals surface area contributed by atoms with Gasteiger partial charge in [0.15, 0.2) is 11.9 Å². The second kappa shape index (κ2) is 16.4. The lowest BCUT2D eigenvalue weighted by atomic mass is 10.1. The van der Waals surface area contributed by atoms with Crippen LogP contribution in [0.25, 0.3) is 11.4 Å². The van der Waals surface area contributed by atoms with Gasteiger partial charge in [-0.2, -0.15) is 0 Å². The molecular formula is C28H42N2O3. The third-order valence-electron chi connectivity index (χ3n) is 5.80. The van der Waals surface area contributed by atoms with Gasteiger partial charge in [-0.25, -0.2) is 14.8 Å². The Morgan fingerprint density at radius 3 is 2.03 bits per heavy atom. The second-order valence-corrected chi connectivity index (χ2v) is 8.81. The second-order valence-electron chi connectivity index (χ2n) is 8.81. The molecule has 1 aromatic carbocycles. The Morgan fingerprint density at radius 2 is 1.39 bits per heavy atom. The van der Waals surface area contributed by atoms with Gasteiger partial charge in [0.1, 0.15) is 5.75 Å². The third-order valence-corrected chi connectivity index (χ3v) is 5.80. The summed E-state index contributed by atoms with van der Waals surface area (Å²) in [6.45, 7) is 6.78. The van der Waals surface area contributed by atoms with Crippen molar-refractivity contribution in [1.82, 2.24) is 9.97 Å². The summed E-state index contributed by atoms with van der Waals surface area (Å²) in [4.78, 5) is 21.3. The molecule has 1 atom stereocenters. The average Bonchev–Trinajstić information content (AvgIpc) is 2.84. The van der Waals surface area contributed by atoms with E-state index in [0.29, 0.717) is 18.2 Å². The van der Waals surface area contributed by atoms with Gasteiger partial charge >= 0.3 is 5.97 Å². The van der Waals surface area contributed by atoms with Gasteiger partial charge in [0.05, 0.1) is 0 Å². The van der Waals surface area contributed by atoms with Crippen LogP contribution in [0.5, 0.6) is 5.75 Å². The fourth-order valence-corrected chi connectivity index (χ4v) is 3.65. The maximum atomic E-state index is 12.3. The van der Waals surface area contributed by atoms with E-state index in [4.69, 9.17) is 9.47 Å². The summed E-state index contributed by atoms with van der Waals surface area (Å²) in [6, 6.07) is 7.31. The predicted molar refractivity (Wildman–Crippen MR) is 134 cm³/mol. The van der Waals surface area contributed by atoms with Crippen LogP contribution >= 0.6 is 0 Å². The van der Waals surface area contributed by atoms with Crippen LogP contribution in [0.1, 0.15) is 97.0 Å². The van der Waals surface area contributed by atoms with E-state index < -0.39 is 6.10 Å². The molecule has 1 aromatic heterocycles. The molecule has 0 aliphatic carbocycles. The number of hydrogen-bond donors (Lipinski definition) is 0. The standard InChI is InChI=1S/C28H42N2O3/c1-4-6-8-10-12-14-20-32-23(3)28(31)33-26-18-16-25(17-19-26)27-29-21-24(22-30-27)15-13-11-9-7-5-2/h16-19,21-23H,4-15,20H2,1-3H3. The van der Waals surface area contributed by atoms with E-state index in [-0.39, 0.29) is 5.97 Å². The fourth-order valence-electron chi connectivity index (χ4n) is 3.65. The molecule has 0 amide bonds. The van der Waals surface area contributed by atoms with Crippen LogP contribution in [0, 0.1) is 0 Å². The molecule has 0 aliphatic heterocycles. The molecule has 0 aliphatic rings. The maximum absolute atomic E-state index is 12.3. The highest BCUT2D eigenvalue weighted by atomic mass is 16.6. The number of carbonyl (C=O) groups is 1. The van der Waals surface area contributed by atoms with Crippen molar-refractivity contribution in [2.45, 2.75) is 104 Å². The molecule has 182 valence electrons. The van der Waals surface area contributed by atoms with E-state index in [0.717, 1.165) is 24.8 Å². The molecule has 1 heterocycles. The number of rotatable bonds is 17. The van der Waals surface area contributed by atoms with E-state index >= 15 is 0 Å². The van der Waals surface area contributed by atoms with Crippen molar-refractivity contribution in [3.05, 3.63) is 42.2 Å². The Balaban J connectivity index is 1.72. The number of unbranched alkanes of at least 4 members (excludes halogenated alkanes) is 9. The third kappa shape index (κ3) is 10.9. The van der Waals surface area contributed by atoms with Crippen LogP contribution < -0.4 is 4.74 Å². The van der Waals surface area contributed by atoms with E-state index in [1.165, 1.54) is 63.4 Å². The number of nitrogens with zero attached hydrogens (tertiary/aromatic N) is 2. The van der Waals surface area contributed by atoms with E-state index in [2.05, 4.69) is 23.8 Å². The Morgan fingerprint density at radius 1 is 0.818 bits per heavy atom. The molecule has 0 radical (unpaired) electrons. The maximum Gasteiger partial charge on any atom is 0.340 e. The molecule has 0 bridgehead atoms. The van der Waals surface area contributed by atoms with Crippen molar-refractivity contribution >= 4 is 5.97 Å². The summed E-state index contributed by atoms with van der Waals surface area (Å²) in [5, 5.41) is 0. The number of carbonyl (C=O) groups excluding carboxylic acids is 1. The number of aromatic nitrogens is 2. The highest BCUT2D eigenvalue weighted by molar-refractivity contribution is 5.77. The van der Waals surface area contributed by atoms with Gasteiger partial charge in [0.2, 0.25) is 0 Å². The van der Waals surface area contributed by atoms with Gasteiger partial charge in [0, 0.05) is 24.6 Å². The molecule has 2 aromatic rings. The lowest BCUT2D eigenvalue weighted by Crippen LogP contribution is -2.26. The first-order chi connectivity index (χ1) is 16.1. The molecule has 0 saturated carbocycles. The zero-order valence-electron chi connectivity index (χ0n) is 20.9. The molecule has 5 nitrogen and oxygen atoms in total. The highest BCUT2D eigenvalue weighted by Gasteiger charge is 2.16. The first-order valence-corrected chi connectivity index (χ1v) is 12.9. The first-order valence-electron chi connectivity index (χ1n) is 12.9. The van der Waals surface area contributed by atoms with Gasteiger partial charge in [-0.1, -0.05) is 71.6 Å². The van der Waals surface area contributed by atoms with Crippen molar-refractivity contribution in [3.63, 3.8) is 0 Å². The van der Waals surface area contributed by atoms with E-state index in [9.17, 15) is 4.79 Å². The fraction of sp³-hybridized carbons (Fsp3) is 0.607. The Kier molecular flexibility index (Phi) is 13.4. The van der Waals surface area contributed by atoms with Crippen LogP contribution in [-0.4, -0.2) is 28.6 Å². The number of hydrogen-bond acceptors (Lipinski definition) is 5. The van der Waals surface area contributed by atoms with Crippen molar-refractivity contribution < 1.29 is 14.3 Å². The monoisotopic (exact) mass is 454 g/mol. The lowest BCUT2D eigenvalue weighted by Gasteiger charge is -2.12. The Hall–Kier alpha value is -2.27. The van der Waals surface area contributed by atoms with Gasteiger partial charge in [0.25, 0.3) is 0 Å². The van der Waals surface area contributed by atoms with Crippen molar-refractivity contribution in [1.29, 1.82) is 0 Å². The molecule has 2 rings (SSSR count). The van der Waals surface area contributed by atoms with Crippen LogP contribution in [-0.2, 0) is 16.0 Å². The SMILES string of the molecule is CCCCCCCCOC(C)C(=O)Oc1ccc(-c2ncc(CCCCCCC)cn2)cc1. The Labute approximate surface area is 200 Å². The topological polar surface area (TPSA) is 61.3 Å². The number of ether oxygens (including phenoxy) is 2. The zero-order chi connectivity index (χ0) is 23.7. The molecule has 1 unspecified atom stereocenters. The molecular weight excluding hydrogens is 412 g/mol. The largest absolute Gasteiger partial charge is 0.425 e.